The minimum atomic E-state index is -0.0440. The summed E-state index contributed by atoms with van der Waals surface area (Å²) < 4.78 is 0. The standard InChI is InChI=1S/C10H15N3OS/c11-10(12-14)9(8-4-3-7-15-8)13-5-1-2-6-13/h3-4,7,9,14H,1-2,5-6H2,(H2,11,12)/t9-/m0/s1. The second-order valence-electron chi connectivity index (χ2n) is 3.69. The van der Waals surface area contributed by atoms with Crippen molar-refractivity contribution in [2.24, 2.45) is 10.9 Å². The molecule has 0 amide bonds. The lowest BCUT2D eigenvalue weighted by Crippen LogP contribution is -2.35. The molecule has 3 N–H and O–H groups in total. The third-order valence-corrected chi connectivity index (χ3v) is 3.64. The third-order valence-electron chi connectivity index (χ3n) is 2.71. The molecule has 4 nitrogen and oxygen atoms in total. The first-order chi connectivity index (χ1) is 7.33. The number of hydrogen-bond donors (Lipinski definition) is 2. The molecule has 1 atom stereocenters. The molecule has 2 rings (SSSR count). The fraction of sp³-hybridized carbons (Fsp3) is 0.500. The van der Waals surface area contributed by atoms with Gasteiger partial charge in [0.25, 0.3) is 0 Å². The summed E-state index contributed by atoms with van der Waals surface area (Å²) in [4.78, 5) is 3.41. The Balaban J connectivity index is 2.23. The molecule has 1 aliphatic rings. The van der Waals surface area contributed by atoms with E-state index in [0.29, 0.717) is 5.84 Å². The Kier molecular flexibility index (Phi) is 3.23. The maximum atomic E-state index is 8.81. The molecule has 1 aliphatic heterocycles. The molecule has 0 radical (unpaired) electrons. The minimum Gasteiger partial charge on any atom is -0.409 e. The van der Waals surface area contributed by atoms with Crippen LogP contribution in [0.4, 0.5) is 0 Å². The summed E-state index contributed by atoms with van der Waals surface area (Å²) in [5.74, 6) is 0.291. The van der Waals surface area contributed by atoms with E-state index in [4.69, 9.17) is 10.9 Å². The maximum absolute atomic E-state index is 8.81. The summed E-state index contributed by atoms with van der Waals surface area (Å²) >= 11 is 1.65. The molecule has 15 heavy (non-hydrogen) atoms. The van der Waals surface area contributed by atoms with Crippen molar-refractivity contribution in [1.82, 2.24) is 4.90 Å². The van der Waals surface area contributed by atoms with Gasteiger partial charge in [0, 0.05) is 4.88 Å². The van der Waals surface area contributed by atoms with Gasteiger partial charge in [-0.15, -0.1) is 11.3 Å². The second kappa shape index (κ2) is 4.63. The van der Waals surface area contributed by atoms with E-state index in [0.717, 1.165) is 18.0 Å². The first-order valence-corrected chi connectivity index (χ1v) is 5.96. The highest BCUT2D eigenvalue weighted by Crippen LogP contribution is 2.28. The van der Waals surface area contributed by atoms with E-state index in [2.05, 4.69) is 10.1 Å². The zero-order chi connectivity index (χ0) is 10.7. The van der Waals surface area contributed by atoms with Crippen molar-refractivity contribution in [2.75, 3.05) is 13.1 Å². The molecule has 0 aliphatic carbocycles. The fourth-order valence-electron chi connectivity index (χ4n) is 2.01. The van der Waals surface area contributed by atoms with Crippen molar-refractivity contribution < 1.29 is 5.21 Å². The molecular weight excluding hydrogens is 210 g/mol. The van der Waals surface area contributed by atoms with E-state index in [-0.39, 0.29) is 6.04 Å². The van der Waals surface area contributed by atoms with Crippen LogP contribution in [0.1, 0.15) is 23.8 Å². The van der Waals surface area contributed by atoms with Crippen molar-refractivity contribution in [3.63, 3.8) is 0 Å². The molecule has 0 bridgehead atoms. The van der Waals surface area contributed by atoms with Gasteiger partial charge in [-0.05, 0) is 37.4 Å². The molecule has 1 saturated heterocycles. The van der Waals surface area contributed by atoms with Crippen molar-refractivity contribution in [3.05, 3.63) is 22.4 Å². The molecule has 2 heterocycles. The topological polar surface area (TPSA) is 61.9 Å². The SMILES string of the molecule is NC(=NO)[C@H](c1cccs1)N1CCCC1. The number of likely N-dealkylation sites (tertiary alicyclic amines) is 1. The quantitative estimate of drug-likeness (QED) is 0.356. The number of thiophene rings is 1. The van der Waals surface area contributed by atoms with Crippen LogP contribution in [0, 0.1) is 0 Å². The van der Waals surface area contributed by atoms with Gasteiger partial charge in [0.1, 0.15) is 6.04 Å². The van der Waals surface area contributed by atoms with Gasteiger partial charge in [-0.25, -0.2) is 0 Å². The summed E-state index contributed by atoms with van der Waals surface area (Å²) in [6, 6.07) is 3.98. The second-order valence-corrected chi connectivity index (χ2v) is 4.67. The summed E-state index contributed by atoms with van der Waals surface area (Å²) in [6.07, 6.45) is 2.39. The maximum Gasteiger partial charge on any atom is 0.161 e. The van der Waals surface area contributed by atoms with E-state index >= 15 is 0 Å². The number of oxime groups is 1. The fourth-order valence-corrected chi connectivity index (χ4v) is 2.88. The molecule has 0 saturated carbocycles. The van der Waals surface area contributed by atoms with Crippen LogP contribution in [0.3, 0.4) is 0 Å². The number of hydrogen-bond acceptors (Lipinski definition) is 4. The van der Waals surface area contributed by atoms with Gasteiger partial charge in [-0.2, -0.15) is 0 Å². The highest BCUT2D eigenvalue weighted by Gasteiger charge is 2.27. The van der Waals surface area contributed by atoms with E-state index < -0.39 is 0 Å². The van der Waals surface area contributed by atoms with Crippen LogP contribution < -0.4 is 5.73 Å². The Morgan fingerprint density at radius 3 is 2.80 bits per heavy atom. The van der Waals surface area contributed by atoms with Gasteiger partial charge in [0.05, 0.1) is 0 Å². The van der Waals surface area contributed by atoms with E-state index in [1.807, 2.05) is 17.5 Å². The molecule has 82 valence electrons. The molecule has 1 aromatic rings. The zero-order valence-electron chi connectivity index (χ0n) is 8.47. The smallest absolute Gasteiger partial charge is 0.161 e. The molecular formula is C10H15N3OS. The van der Waals surface area contributed by atoms with Gasteiger partial charge in [0.2, 0.25) is 0 Å². The summed E-state index contributed by atoms with van der Waals surface area (Å²) in [5, 5.41) is 14.0. The monoisotopic (exact) mass is 225 g/mol. The van der Waals surface area contributed by atoms with Crippen molar-refractivity contribution in [3.8, 4) is 0 Å². The Morgan fingerprint density at radius 2 is 2.27 bits per heavy atom. The molecule has 1 aromatic heterocycles. The average molecular weight is 225 g/mol. The number of nitrogens with two attached hydrogens (primary N) is 1. The lowest BCUT2D eigenvalue weighted by atomic mass is 10.2. The summed E-state index contributed by atoms with van der Waals surface area (Å²) in [6.45, 7) is 2.05. The normalized spacial score (nSPS) is 20.7. The number of rotatable bonds is 3. The van der Waals surface area contributed by atoms with E-state index in [1.54, 1.807) is 11.3 Å². The highest BCUT2D eigenvalue weighted by molar-refractivity contribution is 7.10. The molecule has 0 unspecified atom stereocenters. The Hall–Kier alpha value is -1.07. The Labute approximate surface area is 93.0 Å². The highest BCUT2D eigenvalue weighted by atomic mass is 32.1. The summed E-state index contributed by atoms with van der Waals surface area (Å²) in [7, 11) is 0. The van der Waals surface area contributed by atoms with Crippen molar-refractivity contribution >= 4 is 17.2 Å². The van der Waals surface area contributed by atoms with E-state index in [9.17, 15) is 0 Å². The van der Waals surface area contributed by atoms with Crippen LogP contribution in [0.15, 0.2) is 22.7 Å². The molecule has 1 fully saturated rings. The Morgan fingerprint density at radius 1 is 1.53 bits per heavy atom. The van der Waals surface area contributed by atoms with Crippen molar-refractivity contribution in [1.29, 1.82) is 0 Å². The molecule has 0 aromatic carbocycles. The van der Waals surface area contributed by atoms with Crippen LogP contribution in [0.25, 0.3) is 0 Å². The minimum absolute atomic E-state index is 0.0440. The number of amidine groups is 1. The van der Waals surface area contributed by atoms with Crippen molar-refractivity contribution in [2.45, 2.75) is 18.9 Å². The van der Waals surface area contributed by atoms with Crippen LogP contribution in [-0.2, 0) is 0 Å². The van der Waals surface area contributed by atoms with Gasteiger partial charge >= 0.3 is 0 Å². The Bertz CT molecular complexity index is 330. The molecule has 0 spiro atoms. The predicted molar refractivity (Wildman–Crippen MR) is 61.3 cm³/mol. The molecule has 5 heteroatoms. The predicted octanol–water partition coefficient (Wildman–Crippen LogP) is 1.63. The van der Waals surface area contributed by atoms with Gasteiger partial charge in [0.15, 0.2) is 5.84 Å². The van der Waals surface area contributed by atoms with Gasteiger partial charge < -0.3 is 10.9 Å². The first-order valence-electron chi connectivity index (χ1n) is 5.08. The third kappa shape index (κ3) is 2.13. The van der Waals surface area contributed by atoms with Crippen LogP contribution in [0.5, 0.6) is 0 Å². The lowest BCUT2D eigenvalue weighted by molar-refractivity contribution is 0.280. The van der Waals surface area contributed by atoms with E-state index in [1.165, 1.54) is 12.8 Å². The lowest BCUT2D eigenvalue weighted by Gasteiger charge is -2.25. The average Bonchev–Trinajstić information content (AvgIpc) is 2.90. The van der Waals surface area contributed by atoms with Gasteiger partial charge in [-0.1, -0.05) is 11.2 Å². The zero-order valence-corrected chi connectivity index (χ0v) is 9.28. The van der Waals surface area contributed by atoms with Gasteiger partial charge in [-0.3, -0.25) is 4.90 Å². The van der Waals surface area contributed by atoms with Crippen LogP contribution in [0.2, 0.25) is 0 Å². The summed E-state index contributed by atoms with van der Waals surface area (Å²) in [5.41, 5.74) is 5.75. The largest absolute Gasteiger partial charge is 0.409 e. The van der Waals surface area contributed by atoms with Crippen LogP contribution >= 0.6 is 11.3 Å². The van der Waals surface area contributed by atoms with Crippen LogP contribution in [-0.4, -0.2) is 29.0 Å². The number of nitrogens with zero attached hydrogens (tertiary/aromatic N) is 2. The first kappa shape index (κ1) is 10.4.